The van der Waals surface area contributed by atoms with E-state index in [2.05, 4.69) is 32.0 Å². The van der Waals surface area contributed by atoms with Crippen LogP contribution in [0.1, 0.15) is 23.8 Å². The van der Waals surface area contributed by atoms with Crippen LogP contribution in [0.15, 0.2) is 53.2 Å². The molecule has 1 aromatic carbocycles. The lowest BCUT2D eigenvalue weighted by molar-refractivity contribution is -0.0500. The average molecular weight is 343 g/mol. The second kappa shape index (κ2) is 6.58. The van der Waals surface area contributed by atoms with Gasteiger partial charge in [-0.1, -0.05) is 35.5 Å². The molecule has 1 aliphatic rings. The van der Waals surface area contributed by atoms with E-state index in [-0.39, 0.29) is 5.75 Å². The summed E-state index contributed by atoms with van der Waals surface area (Å²) in [5, 5.41) is 3.92. The lowest BCUT2D eigenvalue weighted by Gasteiger charge is -2.02. The Labute approximate surface area is 142 Å². The van der Waals surface area contributed by atoms with Gasteiger partial charge in [0.15, 0.2) is 0 Å². The molecule has 0 aliphatic heterocycles. The highest BCUT2D eigenvalue weighted by molar-refractivity contribution is 5.48. The summed E-state index contributed by atoms with van der Waals surface area (Å²) in [4.78, 5) is 8.38. The number of halogens is 2. The van der Waals surface area contributed by atoms with Gasteiger partial charge in [-0.2, -0.15) is 13.8 Å². The monoisotopic (exact) mass is 343 g/mol. The zero-order chi connectivity index (χ0) is 17.2. The fourth-order valence-electron chi connectivity index (χ4n) is 2.93. The predicted octanol–water partition coefficient (Wildman–Crippen LogP) is 4.08. The van der Waals surface area contributed by atoms with Crippen molar-refractivity contribution in [1.82, 2.24) is 15.1 Å². The van der Waals surface area contributed by atoms with E-state index in [0.717, 1.165) is 12.8 Å². The zero-order valence-corrected chi connectivity index (χ0v) is 13.2. The lowest BCUT2D eigenvalue weighted by Crippen LogP contribution is -2.02. The second-order valence-electron chi connectivity index (χ2n) is 5.99. The van der Waals surface area contributed by atoms with E-state index in [9.17, 15) is 8.78 Å². The largest absolute Gasteiger partial charge is 0.433 e. The maximum absolute atomic E-state index is 12.1. The van der Waals surface area contributed by atoms with Gasteiger partial charge in [0.2, 0.25) is 11.7 Å². The van der Waals surface area contributed by atoms with Crippen molar-refractivity contribution in [1.29, 1.82) is 0 Å². The number of hydrogen-bond acceptors (Lipinski definition) is 5. The molecule has 2 heterocycles. The first-order valence-corrected chi connectivity index (χ1v) is 7.98. The first-order chi connectivity index (χ1) is 12.2. The topological polar surface area (TPSA) is 61.0 Å². The van der Waals surface area contributed by atoms with Crippen molar-refractivity contribution in [3.63, 3.8) is 0 Å². The first kappa shape index (κ1) is 15.7. The summed E-state index contributed by atoms with van der Waals surface area (Å²) >= 11 is 0. The molecule has 2 atom stereocenters. The molecular formula is C18H15F2N3O2. The minimum atomic E-state index is -2.87. The molecule has 128 valence electrons. The minimum Gasteiger partial charge on any atom is -0.433 e. The maximum Gasteiger partial charge on any atom is 0.387 e. The molecule has 1 fully saturated rings. The summed E-state index contributed by atoms with van der Waals surface area (Å²) < 4.78 is 33.8. The first-order valence-electron chi connectivity index (χ1n) is 7.98. The summed E-state index contributed by atoms with van der Waals surface area (Å²) in [6.07, 6.45) is 3.04. The van der Waals surface area contributed by atoms with Crippen LogP contribution < -0.4 is 4.74 Å². The summed E-state index contributed by atoms with van der Waals surface area (Å²) in [7, 11) is 0. The van der Waals surface area contributed by atoms with Crippen molar-refractivity contribution in [3.05, 3.63) is 60.1 Å². The van der Waals surface area contributed by atoms with Crippen molar-refractivity contribution in [2.24, 2.45) is 5.92 Å². The number of nitrogens with zero attached hydrogens (tertiary/aromatic N) is 3. The van der Waals surface area contributed by atoms with Gasteiger partial charge in [0.25, 0.3) is 0 Å². The molecule has 0 spiro atoms. The van der Waals surface area contributed by atoms with Crippen molar-refractivity contribution in [2.45, 2.75) is 25.4 Å². The van der Waals surface area contributed by atoms with E-state index in [0.29, 0.717) is 29.2 Å². The third-order valence-corrected chi connectivity index (χ3v) is 4.25. The number of benzene rings is 1. The van der Waals surface area contributed by atoms with E-state index in [4.69, 9.17) is 4.52 Å². The van der Waals surface area contributed by atoms with Crippen LogP contribution in [-0.4, -0.2) is 21.7 Å². The number of hydrogen-bond donors (Lipinski definition) is 0. The number of pyridine rings is 1. The summed E-state index contributed by atoms with van der Waals surface area (Å²) in [6.45, 7) is -2.87. The summed E-state index contributed by atoms with van der Waals surface area (Å²) in [5.41, 5.74) is 1.79. The van der Waals surface area contributed by atoms with Crippen molar-refractivity contribution < 1.29 is 18.0 Å². The Kier molecular flexibility index (Phi) is 4.13. The van der Waals surface area contributed by atoms with Gasteiger partial charge < -0.3 is 9.26 Å². The van der Waals surface area contributed by atoms with Gasteiger partial charge in [-0.15, -0.1) is 0 Å². The third-order valence-electron chi connectivity index (χ3n) is 4.25. The lowest BCUT2D eigenvalue weighted by atomic mass is 10.1. The molecule has 25 heavy (non-hydrogen) atoms. The fourth-order valence-corrected chi connectivity index (χ4v) is 2.93. The van der Waals surface area contributed by atoms with Crippen LogP contribution in [0.4, 0.5) is 8.78 Å². The number of rotatable bonds is 6. The smallest absolute Gasteiger partial charge is 0.387 e. The van der Waals surface area contributed by atoms with Gasteiger partial charge in [0.05, 0.1) is 6.20 Å². The van der Waals surface area contributed by atoms with Crippen LogP contribution in [0.5, 0.6) is 5.75 Å². The van der Waals surface area contributed by atoms with E-state index in [1.165, 1.54) is 23.9 Å². The van der Waals surface area contributed by atoms with Gasteiger partial charge >= 0.3 is 6.61 Å². The highest BCUT2D eigenvalue weighted by Gasteiger charge is 2.39. The summed E-state index contributed by atoms with van der Waals surface area (Å²) in [5.74, 6) is 1.95. The molecule has 4 rings (SSSR count). The van der Waals surface area contributed by atoms with Gasteiger partial charge in [-0.05, 0) is 36.0 Å². The van der Waals surface area contributed by atoms with E-state index >= 15 is 0 Å². The molecule has 0 radical (unpaired) electrons. The quantitative estimate of drug-likeness (QED) is 0.675. The third kappa shape index (κ3) is 3.65. The second-order valence-corrected chi connectivity index (χ2v) is 5.99. The molecule has 0 bridgehead atoms. The van der Waals surface area contributed by atoms with Crippen LogP contribution >= 0.6 is 0 Å². The van der Waals surface area contributed by atoms with Gasteiger partial charge in [0.1, 0.15) is 11.4 Å². The van der Waals surface area contributed by atoms with Gasteiger partial charge in [-0.25, -0.2) is 4.98 Å². The molecular weight excluding hydrogens is 328 g/mol. The molecule has 5 nitrogen and oxygen atoms in total. The van der Waals surface area contributed by atoms with E-state index < -0.39 is 6.61 Å². The average Bonchev–Trinajstić information content (AvgIpc) is 3.22. The highest BCUT2D eigenvalue weighted by Crippen LogP contribution is 2.49. The Hall–Kier alpha value is -2.83. The minimum absolute atomic E-state index is 0.00819. The molecule has 1 saturated carbocycles. The normalized spacial score (nSPS) is 19.2. The maximum atomic E-state index is 12.1. The molecule has 3 aromatic rings. The molecule has 0 N–H and O–H groups in total. The number of ether oxygens (including phenoxy) is 1. The molecule has 7 heteroatoms. The van der Waals surface area contributed by atoms with Crippen LogP contribution in [0.2, 0.25) is 0 Å². The van der Waals surface area contributed by atoms with E-state index in [1.807, 2.05) is 18.2 Å². The van der Waals surface area contributed by atoms with Crippen molar-refractivity contribution in [2.75, 3.05) is 0 Å². The van der Waals surface area contributed by atoms with Crippen LogP contribution in [0.3, 0.4) is 0 Å². The molecule has 0 amide bonds. The van der Waals surface area contributed by atoms with Crippen LogP contribution in [0, 0.1) is 5.92 Å². The number of alkyl halides is 2. The van der Waals surface area contributed by atoms with Crippen LogP contribution in [-0.2, 0) is 6.42 Å². The fraction of sp³-hybridized carbons (Fsp3) is 0.278. The molecule has 0 saturated heterocycles. The van der Waals surface area contributed by atoms with Crippen LogP contribution in [0.25, 0.3) is 11.5 Å². The highest BCUT2D eigenvalue weighted by atomic mass is 19.3. The molecule has 2 aromatic heterocycles. The van der Waals surface area contributed by atoms with Crippen molar-refractivity contribution in [3.8, 4) is 17.3 Å². The Balaban J connectivity index is 1.39. The Morgan fingerprint density at radius 1 is 1.16 bits per heavy atom. The predicted molar refractivity (Wildman–Crippen MR) is 85.2 cm³/mol. The zero-order valence-electron chi connectivity index (χ0n) is 13.2. The Morgan fingerprint density at radius 2 is 2.00 bits per heavy atom. The standard InChI is InChI=1S/C18H15F2N3O2/c19-18(20)24-13-6-7-15(21-10-13)17-22-16(25-23-17)9-12-8-14(12)11-4-2-1-3-5-11/h1-7,10,12,14,18H,8-9H2/t12-,14-/m0/s1. The van der Waals surface area contributed by atoms with Gasteiger partial charge in [-0.3, -0.25) is 0 Å². The molecule has 0 unspecified atom stereocenters. The number of aromatic nitrogens is 3. The Morgan fingerprint density at radius 3 is 2.72 bits per heavy atom. The van der Waals surface area contributed by atoms with Crippen molar-refractivity contribution >= 4 is 0 Å². The Bertz CT molecular complexity index is 837. The van der Waals surface area contributed by atoms with Gasteiger partial charge in [0, 0.05) is 6.42 Å². The van der Waals surface area contributed by atoms with E-state index in [1.54, 1.807) is 0 Å². The molecule has 1 aliphatic carbocycles. The SMILES string of the molecule is FC(F)Oc1ccc(-c2noc(C[C@@H]3C[C@H]3c3ccccc3)n2)nc1. The summed E-state index contributed by atoms with van der Waals surface area (Å²) in [6, 6.07) is 13.3.